The second kappa shape index (κ2) is 20.5. The van der Waals surface area contributed by atoms with Crippen LogP contribution in [0, 0.1) is 27.7 Å². The maximum absolute atomic E-state index is 9.57. The van der Waals surface area contributed by atoms with Crippen LogP contribution in [0.5, 0.6) is 11.5 Å². The Hall–Kier alpha value is -2.16. The van der Waals surface area contributed by atoms with Crippen LogP contribution < -0.4 is 0 Å². The van der Waals surface area contributed by atoms with E-state index in [4.69, 9.17) is 0 Å². The van der Waals surface area contributed by atoms with E-state index in [0.717, 1.165) is 20.6 Å². The number of hydrogen-bond donors (Lipinski definition) is 2. The molecule has 2 aliphatic rings. The van der Waals surface area contributed by atoms with E-state index in [-0.39, 0.29) is 37.0 Å². The maximum Gasteiger partial charge on any atom is 2.00 e. The molecule has 4 aromatic carbocycles. The molecule has 6 rings (SSSR count). The molecule has 0 atom stereocenters. The zero-order valence-electron chi connectivity index (χ0n) is 32.3. The van der Waals surface area contributed by atoms with Crippen LogP contribution in [0.15, 0.2) is 60.7 Å². The third-order valence-corrected chi connectivity index (χ3v) is 8.64. The fraction of sp³-hybridized carbons (Fsp3) is 0.500. The summed E-state index contributed by atoms with van der Waals surface area (Å²) >= 11 is 0. The van der Waals surface area contributed by atoms with Crippen molar-refractivity contribution in [3.63, 3.8) is 0 Å². The molecule has 2 aliphatic carbocycles. The van der Waals surface area contributed by atoms with Crippen LogP contribution in [-0.4, -0.2) is 19.7 Å². The van der Waals surface area contributed by atoms with Crippen molar-refractivity contribution in [3.05, 3.63) is 116 Å². The largest absolute Gasteiger partial charge is 2.00 e. The van der Waals surface area contributed by atoms with Crippen LogP contribution in [0.4, 0.5) is 0 Å². The van der Waals surface area contributed by atoms with E-state index in [0.29, 0.717) is 11.5 Å². The number of phenols is 2. The van der Waals surface area contributed by atoms with Gasteiger partial charge >= 0.3 is 26.2 Å². The van der Waals surface area contributed by atoms with Gasteiger partial charge in [-0.05, 0) is 47.9 Å². The first-order valence-electron chi connectivity index (χ1n) is 17.6. The molecule has 0 heterocycles. The van der Waals surface area contributed by atoms with Crippen molar-refractivity contribution in [2.45, 2.75) is 145 Å². The average Bonchev–Trinajstić information content (AvgIpc) is 3.56. The first-order chi connectivity index (χ1) is 22.0. The monoisotopic (exact) mass is 742 g/mol. The van der Waals surface area contributed by atoms with E-state index in [1.165, 1.54) is 73.6 Å². The molecule has 0 unspecified atom stereocenters. The predicted molar refractivity (Wildman–Crippen MR) is 207 cm³/mol. The number of aryl methyl sites for hydroxylation is 8. The third kappa shape index (κ3) is 14.8. The van der Waals surface area contributed by atoms with Crippen LogP contribution in [0.1, 0.15) is 123 Å². The summed E-state index contributed by atoms with van der Waals surface area (Å²) in [7, 11) is 1.08. The van der Waals surface area contributed by atoms with Gasteiger partial charge in [-0.25, -0.2) is 12.1 Å². The number of phenolic OH excluding ortho intramolecular Hbond substituents is 2. The minimum atomic E-state index is 0. The molecular weight excluding hydrogens is 680 g/mol. The van der Waals surface area contributed by atoms with Gasteiger partial charge in [-0.1, -0.05) is 155 Å². The molecule has 4 heteroatoms. The molecule has 0 aliphatic heterocycles. The number of aromatic hydroxyl groups is 2. The van der Waals surface area contributed by atoms with Gasteiger partial charge in [0.15, 0.2) is 0 Å². The zero-order valence-corrected chi connectivity index (χ0v) is 35.8. The quantitative estimate of drug-likeness (QED) is 0.139. The summed E-state index contributed by atoms with van der Waals surface area (Å²) in [6.07, 6.45) is 10.9. The van der Waals surface area contributed by atoms with Crippen LogP contribution in [0.3, 0.4) is 0 Å². The summed E-state index contributed by atoms with van der Waals surface area (Å²) in [6, 6.07) is 20.8. The van der Waals surface area contributed by atoms with Crippen LogP contribution in [0.2, 0.25) is 13.1 Å². The molecule has 0 fully saturated rings. The molecule has 0 aromatic heterocycles. The fourth-order valence-electron chi connectivity index (χ4n) is 6.25. The molecule has 2 radical (unpaired) electrons. The van der Waals surface area contributed by atoms with Gasteiger partial charge in [-0.15, -0.1) is 0 Å². The Kier molecular flexibility index (Phi) is 18.7. The van der Waals surface area contributed by atoms with E-state index in [1.54, 1.807) is 34.4 Å². The molecule has 4 aromatic rings. The summed E-state index contributed by atoms with van der Waals surface area (Å²) in [5, 5.41) is 19.1. The summed E-state index contributed by atoms with van der Waals surface area (Å²) in [5.74, 6) is 0.793. The molecule has 48 heavy (non-hydrogen) atoms. The SMILES string of the molecule is C[Si]C.Cc1cc2c([cH-]1)CCCC2.Cc1cc2c([cH-]1)CCCC2.Cc1ccc(O)c(C(C)(C)C)c1.Cc1ccc(O)c(C(C)(C)C)c1.[Zr+2]. The van der Waals surface area contributed by atoms with E-state index in [9.17, 15) is 10.2 Å². The number of fused-ring (bicyclic) bond motifs is 2. The van der Waals surface area contributed by atoms with Crippen molar-refractivity contribution in [3.8, 4) is 11.5 Å². The van der Waals surface area contributed by atoms with Crippen molar-refractivity contribution >= 4 is 9.52 Å². The topological polar surface area (TPSA) is 40.5 Å². The number of benzene rings is 2. The summed E-state index contributed by atoms with van der Waals surface area (Å²) in [5.41, 5.74) is 13.8. The molecule has 0 spiro atoms. The molecule has 2 N–H and O–H groups in total. The Morgan fingerprint density at radius 2 is 0.854 bits per heavy atom. The van der Waals surface area contributed by atoms with Crippen molar-refractivity contribution in [1.29, 1.82) is 0 Å². The molecule has 0 bridgehead atoms. The van der Waals surface area contributed by atoms with Crippen molar-refractivity contribution < 1.29 is 36.4 Å². The van der Waals surface area contributed by atoms with Crippen LogP contribution in [0.25, 0.3) is 0 Å². The average molecular weight is 744 g/mol. The van der Waals surface area contributed by atoms with Gasteiger partial charge in [0.2, 0.25) is 0 Å². The van der Waals surface area contributed by atoms with Gasteiger partial charge in [-0.2, -0.15) is 45.5 Å². The Morgan fingerprint density at radius 3 is 1.12 bits per heavy atom. The van der Waals surface area contributed by atoms with Crippen molar-refractivity contribution in [2.24, 2.45) is 0 Å². The van der Waals surface area contributed by atoms with Gasteiger partial charge in [0.05, 0.1) is 0 Å². The fourth-order valence-corrected chi connectivity index (χ4v) is 6.25. The minimum absolute atomic E-state index is 0. The van der Waals surface area contributed by atoms with E-state index in [2.05, 4.69) is 92.7 Å². The van der Waals surface area contributed by atoms with E-state index < -0.39 is 0 Å². The second-order valence-corrected chi connectivity index (χ2v) is 16.6. The molecule has 260 valence electrons. The Morgan fingerprint density at radius 1 is 0.542 bits per heavy atom. The molecule has 0 saturated heterocycles. The Balaban J connectivity index is 0.000000310. The zero-order chi connectivity index (χ0) is 35.4. The Labute approximate surface area is 316 Å². The molecule has 2 nitrogen and oxygen atoms in total. The van der Waals surface area contributed by atoms with Gasteiger partial charge in [0.25, 0.3) is 0 Å². The third-order valence-electron chi connectivity index (χ3n) is 8.64. The van der Waals surface area contributed by atoms with E-state index in [1.807, 2.05) is 38.1 Å². The standard InChI is InChI=1S/2C11H16O.2C10H13.C2H6Si.Zr/c2*1-8-5-6-10(12)9(7-8)11(2,3)4;2*1-8-6-9-4-2-3-5-10(9)7-8;1-3-2;/h2*5-7,12H,1-4H3;2*6-7H,2-5H2,1H3;1-2H3;/q;;2*-1;;+2. The van der Waals surface area contributed by atoms with Crippen LogP contribution >= 0.6 is 0 Å². The normalized spacial score (nSPS) is 13.2. The van der Waals surface area contributed by atoms with E-state index >= 15 is 0 Å². The first kappa shape index (κ1) is 43.9. The van der Waals surface area contributed by atoms with Crippen LogP contribution in [-0.2, 0) is 62.7 Å². The van der Waals surface area contributed by atoms with Gasteiger partial charge < -0.3 is 10.2 Å². The van der Waals surface area contributed by atoms with Crippen molar-refractivity contribution in [1.82, 2.24) is 0 Å². The maximum atomic E-state index is 9.57. The summed E-state index contributed by atoms with van der Waals surface area (Å²) in [6.45, 7) is 25.4. The predicted octanol–water partition coefficient (Wildman–Crippen LogP) is 12.0. The number of hydrogen-bond acceptors (Lipinski definition) is 2. The van der Waals surface area contributed by atoms with Crippen molar-refractivity contribution in [2.75, 3.05) is 0 Å². The summed E-state index contributed by atoms with van der Waals surface area (Å²) in [4.78, 5) is 0. The summed E-state index contributed by atoms with van der Waals surface area (Å²) < 4.78 is 0. The number of rotatable bonds is 0. The molecular formula is C44H64O2SiZr. The molecule has 0 saturated carbocycles. The van der Waals surface area contributed by atoms with Gasteiger partial charge in [-0.3, -0.25) is 0 Å². The minimum Gasteiger partial charge on any atom is -0.508 e. The van der Waals surface area contributed by atoms with Gasteiger partial charge in [0, 0.05) is 9.52 Å². The second-order valence-electron chi connectivity index (χ2n) is 15.6. The smallest absolute Gasteiger partial charge is 0.508 e. The molecule has 0 amide bonds. The van der Waals surface area contributed by atoms with Gasteiger partial charge in [0.1, 0.15) is 11.5 Å². The first-order valence-corrected chi connectivity index (χ1v) is 19.6. The Bertz CT molecular complexity index is 1350.